The fourth-order valence-electron chi connectivity index (χ4n) is 2.80. The van der Waals surface area contributed by atoms with Crippen molar-refractivity contribution in [3.05, 3.63) is 64.5 Å². The first-order valence-corrected chi connectivity index (χ1v) is 7.18. The summed E-state index contributed by atoms with van der Waals surface area (Å²) in [6, 6.07) is 6.98. The number of hydrogen-bond acceptors (Lipinski definition) is 2. The van der Waals surface area contributed by atoms with Gasteiger partial charge in [0.1, 0.15) is 5.82 Å². The van der Waals surface area contributed by atoms with Gasteiger partial charge in [0.05, 0.1) is 18.2 Å². The van der Waals surface area contributed by atoms with E-state index >= 15 is 0 Å². The molecule has 1 aliphatic heterocycles. The second-order valence-electron chi connectivity index (χ2n) is 5.64. The smallest absolute Gasteiger partial charge is 0.389 e. The average Bonchev–Trinajstić information content (AvgIpc) is 2.83. The zero-order valence-corrected chi connectivity index (χ0v) is 12.6. The van der Waals surface area contributed by atoms with E-state index in [0.717, 1.165) is 23.1 Å². The molecule has 126 valence electrons. The molecule has 0 fully saturated rings. The molecule has 2 aromatic rings. The van der Waals surface area contributed by atoms with Crippen molar-refractivity contribution in [2.24, 2.45) is 0 Å². The van der Waals surface area contributed by atoms with Gasteiger partial charge >= 0.3 is 6.18 Å². The van der Waals surface area contributed by atoms with Crippen LogP contribution in [0.5, 0.6) is 0 Å². The highest BCUT2D eigenvalue weighted by atomic mass is 19.4. The quantitative estimate of drug-likeness (QED) is 0.839. The van der Waals surface area contributed by atoms with Crippen LogP contribution < -0.4 is 4.90 Å². The summed E-state index contributed by atoms with van der Waals surface area (Å²) < 4.78 is 53.1. The van der Waals surface area contributed by atoms with Crippen molar-refractivity contribution in [1.82, 2.24) is 0 Å². The maximum absolute atomic E-state index is 13.7. The summed E-state index contributed by atoms with van der Waals surface area (Å²) in [5, 5.41) is 9.59. The lowest BCUT2D eigenvalue weighted by atomic mass is 10.0. The molecule has 0 spiro atoms. The molecule has 1 amide bonds. The van der Waals surface area contributed by atoms with Crippen LogP contribution in [0, 0.1) is 5.82 Å². The normalized spacial score (nSPS) is 15.6. The SMILES string of the molecule is CC(O)c1cc(F)cc(N2Cc3c(cccc3C(F)(F)F)C2=O)c1. The molecule has 1 aliphatic rings. The van der Waals surface area contributed by atoms with Crippen molar-refractivity contribution < 1.29 is 27.5 Å². The van der Waals surface area contributed by atoms with E-state index < -0.39 is 29.6 Å². The average molecular weight is 339 g/mol. The first-order valence-electron chi connectivity index (χ1n) is 7.18. The molecular formula is C17H13F4NO2. The van der Waals surface area contributed by atoms with E-state index in [2.05, 4.69) is 0 Å². The summed E-state index contributed by atoms with van der Waals surface area (Å²) in [4.78, 5) is 13.5. The van der Waals surface area contributed by atoms with Crippen LogP contribution in [0.1, 0.15) is 40.1 Å². The molecular weight excluding hydrogens is 326 g/mol. The van der Waals surface area contributed by atoms with Gasteiger partial charge in [0, 0.05) is 11.3 Å². The molecule has 3 nitrogen and oxygen atoms in total. The van der Waals surface area contributed by atoms with Crippen molar-refractivity contribution in [3.8, 4) is 0 Å². The van der Waals surface area contributed by atoms with Gasteiger partial charge in [-0.1, -0.05) is 6.07 Å². The third kappa shape index (κ3) is 2.75. The monoisotopic (exact) mass is 339 g/mol. The number of rotatable bonds is 2. The third-order valence-electron chi connectivity index (χ3n) is 3.97. The zero-order valence-electron chi connectivity index (χ0n) is 12.6. The predicted octanol–water partition coefficient (Wildman–Crippen LogP) is 4.06. The lowest BCUT2D eigenvalue weighted by Gasteiger charge is -2.18. The second kappa shape index (κ2) is 5.59. The van der Waals surface area contributed by atoms with Crippen LogP contribution in [0.25, 0.3) is 0 Å². The number of hydrogen-bond donors (Lipinski definition) is 1. The molecule has 0 bridgehead atoms. The molecule has 2 aromatic carbocycles. The highest BCUT2D eigenvalue weighted by molar-refractivity contribution is 6.10. The van der Waals surface area contributed by atoms with E-state index in [1.807, 2.05) is 0 Å². The lowest BCUT2D eigenvalue weighted by molar-refractivity contribution is -0.138. The van der Waals surface area contributed by atoms with Crippen LogP contribution >= 0.6 is 0 Å². The number of halogens is 4. The molecule has 1 unspecified atom stereocenters. The first-order chi connectivity index (χ1) is 11.2. The Morgan fingerprint density at radius 1 is 1.21 bits per heavy atom. The Bertz CT molecular complexity index is 815. The number of carbonyl (C=O) groups excluding carboxylic acids is 1. The van der Waals surface area contributed by atoms with Gasteiger partial charge < -0.3 is 10.0 Å². The molecule has 1 N–H and O–H groups in total. The number of aliphatic hydroxyl groups is 1. The van der Waals surface area contributed by atoms with E-state index in [1.54, 1.807) is 0 Å². The maximum Gasteiger partial charge on any atom is 0.416 e. The van der Waals surface area contributed by atoms with E-state index in [0.29, 0.717) is 0 Å². The second-order valence-corrected chi connectivity index (χ2v) is 5.64. The number of alkyl halides is 3. The van der Waals surface area contributed by atoms with Crippen molar-refractivity contribution in [2.75, 3.05) is 4.90 Å². The highest BCUT2D eigenvalue weighted by Crippen LogP contribution is 2.38. The van der Waals surface area contributed by atoms with Gasteiger partial charge in [-0.25, -0.2) is 4.39 Å². The number of aliphatic hydroxyl groups excluding tert-OH is 1. The Hall–Kier alpha value is -2.41. The standard InChI is InChI=1S/C17H13F4NO2/c1-9(23)10-5-11(18)7-12(6-10)22-8-14-13(16(22)24)3-2-4-15(14)17(19,20)21/h2-7,9,23H,8H2,1H3. The summed E-state index contributed by atoms with van der Waals surface area (Å²) in [6.07, 6.45) is -5.54. The molecule has 1 atom stereocenters. The Kier molecular flexibility index (Phi) is 3.83. The Morgan fingerprint density at radius 2 is 1.92 bits per heavy atom. The van der Waals surface area contributed by atoms with Gasteiger partial charge in [0.15, 0.2) is 0 Å². The van der Waals surface area contributed by atoms with Gasteiger partial charge in [0.25, 0.3) is 5.91 Å². The third-order valence-corrected chi connectivity index (χ3v) is 3.97. The Labute approximate surface area is 135 Å². The number of anilines is 1. The Morgan fingerprint density at radius 3 is 2.54 bits per heavy atom. The molecule has 0 saturated heterocycles. The highest BCUT2D eigenvalue weighted by Gasteiger charge is 2.39. The molecule has 0 aromatic heterocycles. The predicted molar refractivity (Wildman–Crippen MR) is 79.0 cm³/mol. The van der Waals surface area contributed by atoms with E-state index in [4.69, 9.17) is 0 Å². The van der Waals surface area contributed by atoms with E-state index in [9.17, 15) is 27.5 Å². The van der Waals surface area contributed by atoms with Crippen molar-refractivity contribution in [2.45, 2.75) is 25.7 Å². The van der Waals surface area contributed by atoms with E-state index in [-0.39, 0.29) is 28.9 Å². The minimum atomic E-state index is -4.58. The maximum atomic E-state index is 13.7. The summed E-state index contributed by atoms with van der Waals surface area (Å²) in [6.45, 7) is 1.13. The molecule has 1 heterocycles. The first kappa shape index (κ1) is 16.4. The number of carbonyl (C=O) groups is 1. The van der Waals surface area contributed by atoms with Gasteiger partial charge in [0.2, 0.25) is 0 Å². The van der Waals surface area contributed by atoms with Crippen LogP contribution in [-0.4, -0.2) is 11.0 Å². The van der Waals surface area contributed by atoms with Gasteiger partial charge in [-0.05, 0) is 48.4 Å². The van der Waals surface area contributed by atoms with Gasteiger partial charge in [-0.3, -0.25) is 4.79 Å². The summed E-state index contributed by atoms with van der Waals surface area (Å²) >= 11 is 0. The van der Waals surface area contributed by atoms with Crippen molar-refractivity contribution in [1.29, 1.82) is 0 Å². The number of benzene rings is 2. The fourth-order valence-corrected chi connectivity index (χ4v) is 2.80. The fraction of sp³-hybridized carbons (Fsp3) is 0.235. The summed E-state index contributed by atoms with van der Waals surface area (Å²) in [7, 11) is 0. The summed E-state index contributed by atoms with van der Waals surface area (Å²) in [5.74, 6) is -1.30. The Balaban J connectivity index is 2.06. The zero-order chi connectivity index (χ0) is 17.6. The summed E-state index contributed by atoms with van der Waals surface area (Å²) in [5.41, 5.74) is -0.696. The van der Waals surface area contributed by atoms with Crippen molar-refractivity contribution in [3.63, 3.8) is 0 Å². The topological polar surface area (TPSA) is 40.5 Å². The van der Waals surface area contributed by atoms with Crippen LogP contribution in [0.15, 0.2) is 36.4 Å². The number of amides is 1. The molecule has 7 heteroatoms. The molecule has 0 aliphatic carbocycles. The largest absolute Gasteiger partial charge is 0.416 e. The van der Waals surface area contributed by atoms with Crippen LogP contribution in [0.3, 0.4) is 0 Å². The molecule has 0 radical (unpaired) electrons. The minimum absolute atomic E-state index is 0.0484. The van der Waals surface area contributed by atoms with Crippen molar-refractivity contribution >= 4 is 11.6 Å². The van der Waals surface area contributed by atoms with Crippen LogP contribution in [0.4, 0.5) is 23.2 Å². The molecule has 24 heavy (non-hydrogen) atoms. The molecule has 0 saturated carbocycles. The van der Waals surface area contributed by atoms with Gasteiger partial charge in [-0.15, -0.1) is 0 Å². The minimum Gasteiger partial charge on any atom is -0.389 e. The number of nitrogens with zero attached hydrogens (tertiary/aromatic N) is 1. The van der Waals surface area contributed by atoms with Crippen LogP contribution in [0.2, 0.25) is 0 Å². The molecule has 3 rings (SSSR count). The van der Waals surface area contributed by atoms with E-state index in [1.165, 1.54) is 25.1 Å². The lowest BCUT2D eigenvalue weighted by Crippen LogP contribution is -2.23. The number of fused-ring (bicyclic) bond motifs is 1. The van der Waals surface area contributed by atoms with Gasteiger partial charge in [-0.2, -0.15) is 13.2 Å². The van der Waals surface area contributed by atoms with Crippen LogP contribution in [-0.2, 0) is 12.7 Å².